The fourth-order valence-corrected chi connectivity index (χ4v) is 5.42. The van der Waals surface area contributed by atoms with E-state index in [0.29, 0.717) is 5.91 Å². The Balaban J connectivity index is 1.36. The number of carbonyl (C=O) groups excluding carboxylic acids is 1. The highest BCUT2D eigenvalue weighted by molar-refractivity contribution is 5.81. The number of carbonyl (C=O) groups is 1. The molecule has 3 heterocycles. The standard InChI is InChI=1S/C24H32N4O/c1-17-6-7-19(14-18(17)2)15-27-12-9-24(10-13-27)22-21(25-16-26-22)8-11-28(24)23(29)20-4-3-5-20/h6-7,14,16,20H,3-5,8-13,15H2,1-2H3,(H,25,26). The molecule has 29 heavy (non-hydrogen) atoms. The van der Waals surface area contributed by atoms with Crippen molar-refractivity contribution in [3.05, 3.63) is 52.6 Å². The van der Waals surface area contributed by atoms with E-state index in [1.165, 1.54) is 28.8 Å². The lowest BCUT2D eigenvalue weighted by molar-refractivity contribution is -0.149. The van der Waals surface area contributed by atoms with Crippen LogP contribution in [0.2, 0.25) is 0 Å². The van der Waals surface area contributed by atoms with E-state index in [4.69, 9.17) is 4.98 Å². The Labute approximate surface area is 173 Å². The molecule has 0 radical (unpaired) electrons. The van der Waals surface area contributed by atoms with Gasteiger partial charge >= 0.3 is 0 Å². The van der Waals surface area contributed by atoms with Gasteiger partial charge < -0.3 is 9.88 Å². The zero-order chi connectivity index (χ0) is 20.0. The number of hydrogen-bond donors (Lipinski definition) is 1. The summed E-state index contributed by atoms with van der Waals surface area (Å²) < 4.78 is 0. The SMILES string of the molecule is Cc1ccc(CN2CCC3(CC2)c2nc[nH]c2CCN3C(=O)C2CCC2)cc1C. The molecule has 1 spiro atoms. The van der Waals surface area contributed by atoms with Crippen LogP contribution >= 0.6 is 0 Å². The molecule has 154 valence electrons. The van der Waals surface area contributed by atoms with Crippen molar-refractivity contribution in [1.82, 2.24) is 19.8 Å². The second kappa shape index (κ2) is 7.28. The number of benzene rings is 1. The third-order valence-electron chi connectivity index (χ3n) is 7.64. The molecule has 5 heteroatoms. The van der Waals surface area contributed by atoms with Crippen molar-refractivity contribution in [2.75, 3.05) is 19.6 Å². The van der Waals surface area contributed by atoms with E-state index in [1.807, 2.05) is 6.33 Å². The van der Waals surface area contributed by atoms with E-state index in [0.717, 1.165) is 64.0 Å². The number of amides is 1. The minimum absolute atomic E-state index is 0.208. The van der Waals surface area contributed by atoms with Crippen molar-refractivity contribution in [2.24, 2.45) is 5.92 Å². The Kier molecular flexibility index (Phi) is 4.73. The Morgan fingerprint density at radius 3 is 2.66 bits per heavy atom. The molecule has 0 atom stereocenters. The molecule has 2 fully saturated rings. The zero-order valence-corrected chi connectivity index (χ0v) is 17.7. The van der Waals surface area contributed by atoms with E-state index in [1.54, 1.807) is 0 Å². The van der Waals surface area contributed by atoms with Crippen LogP contribution in [0.15, 0.2) is 24.5 Å². The topological polar surface area (TPSA) is 52.2 Å². The van der Waals surface area contributed by atoms with E-state index >= 15 is 0 Å². The van der Waals surface area contributed by atoms with Crippen LogP contribution in [0.25, 0.3) is 0 Å². The maximum absolute atomic E-state index is 13.3. The first kappa shape index (κ1) is 18.9. The maximum Gasteiger partial charge on any atom is 0.226 e. The second-order valence-corrected chi connectivity index (χ2v) is 9.32. The highest BCUT2D eigenvalue weighted by atomic mass is 16.2. The Morgan fingerprint density at radius 2 is 1.97 bits per heavy atom. The summed E-state index contributed by atoms with van der Waals surface area (Å²) in [6.07, 6.45) is 8.03. The number of H-pyrrole nitrogens is 1. The lowest BCUT2D eigenvalue weighted by Gasteiger charge is -2.52. The molecule has 0 bridgehead atoms. The predicted octanol–water partition coefficient (Wildman–Crippen LogP) is 3.70. The van der Waals surface area contributed by atoms with Gasteiger partial charge in [0.15, 0.2) is 0 Å². The molecule has 1 saturated heterocycles. The van der Waals surface area contributed by atoms with Crippen LogP contribution in [0, 0.1) is 19.8 Å². The monoisotopic (exact) mass is 392 g/mol. The number of imidazole rings is 1. The molecule has 2 aromatic rings. The molecule has 2 aliphatic heterocycles. The minimum atomic E-state index is -0.208. The first-order chi connectivity index (χ1) is 14.1. The van der Waals surface area contributed by atoms with Gasteiger partial charge in [0.2, 0.25) is 5.91 Å². The summed E-state index contributed by atoms with van der Waals surface area (Å²) in [6, 6.07) is 6.80. The van der Waals surface area contributed by atoms with Crippen molar-refractivity contribution in [1.29, 1.82) is 0 Å². The van der Waals surface area contributed by atoms with Gasteiger partial charge in [-0.2, -0.15) is 0 Å². The molecular weight excluding hydrogens is 360 g/mol. The van der Waals surface area contributed by atoms with Crippen LogP contribution in [-0.4, -0.2) is 45.3 Å². The number of aryl methyl sites for hydroxylation is 2. The van der Waals surface area contributed by atoms with Crippen LogP contribution in [0.1, 0.15) is 60.2 Å². The second-order valence-electron chi connectivity index (χ2n) is 9.32. The average Bonchev–Trinajstić information content (AvgIpc) is 3.15. The largest absolute Gasteiger partial charge is 0.348 e. The third-order valence-corrected chi connectivity index (χ3v) is 7.64. The van der Waals surface area contributed by atoms with Gasteiger partial charge in [-0.3, -0.25) is 9.69 Å². The highest BCUT2D eigenvalue weighted by Gasteiger charge is 2.50. The third kappa shape index (κ3) is 3.20. The van der Waals surface area contributed by atoms with Gasteiger partial charge in [0, 0.05) is 44.2 Å². The number of piperidine rings is 1. The first-order valence-electron chi connectivity index (χ1n) is 11.2. The summed E-state index contributed by atoms with van der Waals surface area (Å²) in [6.45, 7) is 8.20. The highest BCUT2D eigenvalue weighted by Crippen LogP contribution is 2.44. The number of nitrogens with one attached hydrogen (secondary N) is 1. The molecule has 1 aromatic carbocycles. The number of nitrogens with zero attached hydrogens (tertiary/aromatic N) is 3. The summed E-state index contributed by atoms with van der Waals surface area (Å²) >= 11 is 0. The summed E-state index contributed by atoms with van der Waals surface area (Å²) in [5, 5.41) is 0. The average molecular weight is 393 g/mol. The van der Waals surface area contributed by atoms with Crippen LogP contribution in [-0.2, 0) is 23.3 Å². The van der Waals surface area contributed by atoms with E-state index < -0.39 is 0 Å². The molecule has 1 amide bonds. The van der Waals surface area contributed by atoms with Gasteiger partial charge in [0.25, 0.3) is 0 Å². The molecule has 1 aliphatic carbocycles. The number of aromatic nitrogens is 2. The molecular formula is C24H32N4O. The quantitative estimate of drug-likeness (QED) is 0.866. The van der Waals surface area contributed by atoms with Crippen molar-refractivity contribution >= 4 is 5.91 Å². The van der Waals surface area contributed by atoms with Crippen LogP contribution in [0.5, 0.6) is 0 Å². The Bertz CT molecular complexity index is 905. The lowest BCUT2D eigenvalue weighted by Crippen LogP contribution is -2.59. The number of aromatic amines is 1. The van der Waals surface area contributed by atoms with Gasteiger partial charge in [-0.15, -0.1) is 0 Å². The molecule has 3 aliphatic rings. The molecule has 0 unspecified atom stereocenters. The van der Waals surface area contributed by atoms with Crippen molar-refractivity contribution in [2.45, 2.75) is 64.5 Å². The van der Waals surface area contributed by atoms with Crippen LogP contribution < -0.4 is 0 Å². The van der Waals surface area contributed by atoms with E-state index in [2.05, 4.69) is 46.8 Å². The van der Waals surface area contributed by atoms with Crippen LogP contribution in [0.4, 0.5) is 0 Å². The van der Waals surface area contributed by atoms with Gasteiger partial charge in [-0.05, 0) is 56.2 Å². The first-order valence-corrected chi connectivity index (χ1v) is 11.2. The number of fused-ring (bicyclic) bond motifs is 2. The fourth-order valence-electron chi connectivity index (χ4n) is 5.42. The van der Waals surface area contributed by atoms with Crippen molar-refractivity contribution in [3.8, 4) is 0 Å². The number of rotatable bonds is 3. The summed E-state index contributed by atoms with van der Waals surface area (Å²) in [4.78, 5) is 26.2. The summed E-state index contributed by atoms with van der Waals surface area (Å²) in [5.74, 6) is 0.633. The molecule has 1 N–H and O–H groups in total. The smallest absolute Gasteiger partial charge is 0.226 e. The molecule has 1 aromatic heterocycles. The van der Waals surface area contributed by atoms with Crippen molar-refractivity contribution in [3.63, 3.8) is 0 Å². The predicted molar refractivity (Wildman–Crippen MR) is 113 cm³/mol. The molecule has 5 nitrogen and oxygen atoms in total. The number of likely N-dealkylation sites (tertiary alicyclic amines) is 1. The van der Waals surface area contributed by atoms with Gasteiger partial charge in [0.05, 0.1) is 17.6 Å². The Morgan fingerprint density at radius 1 is 1.17 bits per heavy atom. The van der Waals surface area contributed by atoms with Crippen molar-refractivity contribution < 1.29 is 4.79 Å². The molecule has 1 saturated carbocycles. The molecule has 5 rings (SSSR count). The van der Waals surface area contributed by atoms with Gasteiger partial charge in [-0.25, -0.2) is 4.98 Å². The maximum atomic E-state index is 13.3. The summed E-state index contributed by atoms with van der Waals surface area (Å²) in [5.41, 5.74) is 6.27. The zero-order valence-electron chi connectivity index (χ0n) is 17.7. The Hall–Kier alpha value is -2.14. The lowest BCUT2D eigenvalue weighted by atomic mass is 9.76. The minimum Gasteiger partial charge on any atom is -0.348 e. The number of hydrogen-bond acceptors (Lipinski definition) is 3. The van der Waals surface area contributed by atoms with Gasteiger partial charge in [0.1, 0.15) is 0 Å². The van der Waals surface area contributed by atoms with Gasteiger partial charge in [-0.1, -0.05) is 24.6 Å². The fraction of sp³-hybridized carbons (Fsp3) is 0.583. The van der Waals surface area contributed by atoms with E-state index in [-0.39, 0.29) is 11.5 Å². The summed E-state index contributed by atoms with van der Waals surface area (Å²) in [7, 11) is 0. The normalized spacial score (nSPS) is 21.8. The van der Waals surface area contributed by atoms with Crippen LogP contribution in [0.3, 0.4) is 0 Å². The van der Waals surface area contributed by atoms with E-state index in [9.17, 15) is 4.79 Å².